The zero-order chi connectivity index (χ0) is 22.6. The summed E-state index contributed by atoms with van der Waals surface area (Å²) in [4.78, 5) is 12.5. The number of hydrogen-bond acceptors (Lipinski definition) is 5. The molecule has 1 amide bonds. The minimum atomic E-state index is -3.24. The van der Waals surface area contributed by atoms with Crippen molar-refractivity contribution in [1.29, 1.82) is 0 Å². The molecule has 0 bridgehead atoms. The summed E-state index contributed by atoms with van der Waals surface area (Å²) in [6.07, 6.45) is 0.614. The number of benzene rings is 3. The molecule has 0 aliphatic carbocycles. The molecule has 0 aromatic heterocycles. The van der Waals surface area contributed by atoms with Crippen molar-refractivity contribution < 1.29 is 22.7 Å². The quantitative estimate of drug-likeness (QED) is 0.563. The summed E-state index contributed by atoms with van der Waals surface area (Å²) in [6, 6.07) is 21.0. The van der Waals surface area contributed by atoms with Crippen molar-refractivity contribution in [2.45, 2.75) is 13.3 Å². The van der Waals surface area contributed by atoms with Crippen molar-refractivity contribution in [3.63, 3.8) is 0 Å². The van der Waals surface area contributed by atoms with Crippen molar-refractivity contribution >= 4 is 27.3 Å². The maximum atomic E-state index is 12.5. The van der Waals surface area contributed by atoms with Gasteiger partial charge in [-0.3, -0.25) is 9.10 Å². The SMILES string of the molecule is CCOc1ccc(Oc2ccc(NC(=O)c3ccc(N4CCCS4(=O)=O)cc3)cc2)cc1. The minimum absolute atomic E-state index is 0.160. The van der Waals surface area contributed by atoms with Gasteiger partial charge < -0.3 is 14.8 Å². The van der Waals surface area contributed by atoms with Gasteiger partial charge in [0.25, 0.3) is 5.91 Å². The Balaban J connectivity index is 1.36. The fraction of sp³-hybridized carbons (Fsp3) is 0.208. The van der Waals surface area contributed by atoms with Crippen molar-refractivity contribution in [2.24, 2.45) is 0 Å². The van der Waals surface area contributed by atoms with E-state index in [0.717, 1.165) is 5.75 Å². The summed E-state index contributed by atoms with van der Waals surface area (Å²) in [5.74, 6) is 2.00. The topological polar surface area (TPSA) is 84.9 Å². The van der Waals surface area contributed by atoms with Crippen LogP contribution in [-0.2, 0) is 10.0 Å². The third kappa shape index (κ3) is 5.03. The smallest absolute Gasteiger partial charge is 0.255 e. The normalized spacial score (nSPS) is 14.7. The lowest BCUT2D eigenvalue weighted by atomic mass is 10.2. The Bertz CT molecular complexity index is 1170. The van der Waals surface area contributed by atoms with Gasteiger partial charge in [0, 0.05) is 17.8 Å². The number of carbonyl (C=O) groups excluding carboxylic acids is 1. The van der Waals surface area contributed by atoms with E-state index in [1.54, 1.807) is 48.5 Å². The van der Waals surface area contributed by atoms with E-state index in [4.69, 9.17) is 9.47 Å². The number of sulfonamides is 1. The first-order chi connectivity index (χ1) is 15.4. The van der Waals surface area contributed by atoms with Crippen LogP contribution >= 0.6 is 0 Å². The molecule has 0 atom stereocenters. The first-order valence-electron chi connectivity index (χ1n) is 10.4. The minimum Gasteiger partial charge on any atom is -0.494 e. The van der Waals surface area contributed by atoms with Crippen LogP contribution in [0.2, 0.25) is 0 Å². The molecule has 0 radical (unpaired) electrons. The molecule has 3 aromatic rings. The van der Waals surface area contributed by atoms with E-state index in [1.807, 2.05) is 31.2 Å². The molecule has 0 spiro atoms. The first kappa shape index (κ1) is 21.7. The molecule has 4 rings (SSSR count). The van der Waals surface area contributed by atoms with E-state index in [9.17, 15) is 13.2 Å². The Morgan fingerprint density at radius 1 is 0.906 bits per heavy atom. The lowest BCUT2D eigenvalue weighted by Crippen LogP contribution is -2.25. The Labute approximate surface area is 187 Å². The monoisotopic (exact) mass is 452 g/mol. The van der Waals surface area contributed by atoms with Crippen LogP contribution in [0, 0.1) is 0 Å². The van der Waals surface area contributed by atoms with Crippen LogP contribution in [0.25, 0.3) is 0 Å². The zero-order valence-corrected chi connectivity index (χ0v) is 18.5. The number of nitrogens with one attached hydrogen (secondary N) is 1. The van der Waals surface area contributed by atoms with Crippen molar-refractivity contribution in [3.05, 3.63) is 78.4 Å². The molecular weight excluding hydrogens is 428 g/mol. The Morgan fingerprint density at radius 2 is 1.50 bits per heavy atom. The van der Waals surface area contributed by atoms with Crippen LogP contribution in [0.3, 0.4) is 0 Å². The molecule has 1 fully saturated rings. The molecule has 1 heterocycles. The van der Waals surface area contributed by atoms with Crippen LogP contribution in [0.5, 0.6) is 17.2 Å². The van der Waals surface area contributed by atoms with E-state index in [0.29, 0.717) is 48.0 Å². The summed E-state index contributed by atoms with van der Waals surface area (Å²) in [5, 5.41) is 2.83. The van der Waals surface area contributed by atoms with Crippen LogP contribution in [0.15, 0.2) is 72.8 Å². The lowest BCUT2D eigenvalue weighted by Gasteiger charge is -2.17. The predicted molar refractivity (Wildman–Crippen MR) is 124 cm³/mol. The second-order valence-corrected chi connectivity index (χ2v) is 9.29. The number of anilines is 2. The number of nitrogens with zero attached hydrogens (tertiary/aromatic N) is 1. The molecule has 1 aliphatic rings. The molecule has 32 heavy (non-hydrogen) atoms. The number of rotatable bonds is 7. The number of ether oxygens (including phenoxy) is 2. The van der Waals surface area contributed by atoms with E-state index >= 15 is 0 Å². The van der Waals surface area contributed by atoms with Crippen LogP contribution < -0.4 is 19.1 Å². The third-order valence-electron chi connectivity index (χ3n) is 5.00. The van der Waals surface area contributed by atoms with Gasteiger partial charge in [0.1, 0.15) is 17.2 Å². The maximum Gasteiger partial charge on any atom is 0.255 e. The Kier molecular flexibility index (Phi) is 6.32. The van der Waals surface area contributed by atoms with Crippen molar-refractivity contribution in [1.82, 2.24) is 0 Å². The van der Waals surface area contributed by atoms with Gasteiger partial charge in [-0.1, -0.05) is 0 Å². The molecule has 7 nitrogen and oxygen atoms in total. The van der Waals surface area contributed by atoms with Crippen molar-refractivity contribution in [2.75, 3.05) is 28.5 Å². The van der Waals surface area contributed by atoms with Gasteiger partial charge in [0.15, 0.2) is 0 Å². The summed E-state index contributed by atoms with van der Waals surface area (Å²) in [7, 11) is -3.24. The largest absolute Gasteiger partial charge is 0.494 e. The van der Waals surface area contributed by atoms with Crippen LogP contribution in [0.4, 0.5) is 11.4 Å². The van der Waals surface area contributed by atoms with Gasteiger partial charge in [-0.05, 0) is 86.1 Å². The summed E-state index contributed by atoms with van der Waals surface area (Å²) in [5.41, 5.74) is 1.65. The second-order valence-electron chi connectivity index (χ2n) is 7.27. The third-order valence-corrected chi connectivity index (χ3v) is 6.87. The van der Waals surface area contributed by atoms with Gasteiger partial charge >= 0.3 is 0 Å². The molecule has 1 aliphatic heterocycles. The first-order valence-corrected chi connectivity index (χ1v) is 12.0. The number of carbonyl (C=O) groups is 1. The zero-order valence-electron chi connectivity index (χ0n) is 17.7. The van der Waals surface area contributed by atoms with E-state index in [-0.39, 0.29) is 11.7 Å². The maximum absolute atomic E-state index is 12.5. The Morgan fingerprint density at radius 3 is 2.06 bits per heavy atom. The highest BCUT2D eigenvalue weighted by molar-refractivity contribution is 7.93. The summed E-state index contributed by atoms with van der Waals surface area (Å²) in [6.45, 7) is 3.01. The lowest BCUT2D eigenvalue weighted by molar-refractivity contribution is 0.102. The fourth-order valence-electron chi connectivity index (χ4n) is 3.42. The van der Waals surface area contributed by atoms with Crippen LogP contribution in [0.1, 0.15) is 23.7 Å². The average Bonchev–Trinajstić information content (AvgIpc) is 3.15. The van der Waals surface area contributed by atoms with Gasteiger partial charge in [0.2, 0.25) is 10.0 Å². The molecule has 0 saturated carbocycles. The molecule has 0 unspecified atom stereocenters. The van der Waals surface area contributed by atoms with Gasteiger partial charge in [-0.25, -0.2) is 8.42 Å². The summed E-state index contributed by atoms with van der Waals surface area (Å²) < 4.78 is 36.7. The second kappa shape index (κ2) is 9.32. The summed E-state index contributed by atoms with van der Waals surface area (Å²) >= 11 is 0. The van der Waals surface area contributed by atoms with Crippen molar-refractivity contribution in [3.8, 4) is 17.2 Å². The van der Waals surface area contributed by atoms with E-state index < -0.39 is 10.0 Å². The molecule has 8 heteroatoms. The molecule has 1 saturated heterocycles. The van der Waals surface area contributed by atoms with Crippen LogP contribution in [-0.4, -0.2) is 33.2 Å². The predicted octanol–water partition coefficient (Wildman–Crippen LogP) is 4.67. The van der Waals surface area contributed by atoms with Gasteiger partial charge in [-0.15, -0.1) is 0 Å². The van der Waals surface area contributed by atoms with Gasteiger partial charge in [-0.2, -0.15) is 0 Å². The highest BCUT2D eigenvalue weighted by atomic mass is 32.2. The van der Waals surface area contributed by atoms with E-state index in [2.05, 4.69) is 5.32 Å². The van der Waals surface area contributed by atoms with Gasteiger partial charge in [0.05, 0.1) is 18.0 Å². The molecule has 166 valence electrons. The average molecular weight is 453 g/mol. The number of hydrogen-bond donors (Lipinski definition) is 1. The number of amides is 1. The fourth-order valence-corrected chi connectivity index (χ4v) is 4.99. The molecular formula is C24H24N2O5S. The standard InChI is InChI=1S/C24H24N2O5S/c1-2-30-21-12-14-23(15-13-21)31-22-10-6-19(7-11-22)25-24(27)18-4-8-20(9-5-18)26-16-3-17-32(26,28)29/h4-15H,2-3,16-17H2,1H3,(H,25,27). The highest BCUT2D eigenvalue weighted by Gasteiger charge is 2.28. The molecule has 3 aromatic carbocycles. The molecule has 1 N–H and O–H groups in total. The highest BCUT2D eigenvalue weighted by Crippen LogP contribution is 2.26. The Hall–Kier alpha value is -3.52. The van der Waals surface area contributed by atoms with E-state index in [1.165, 1.54) is 4.31 Å².